The van der Waals surface area contributed by atoms with Gasteiger partial charge in [-0.25, -0.2) is 0 Å². The van der Waals surface area contributed by atoms with Crippen LogP contribution in [-0.4, -0.2) is 118 Å². The Hall–Kier alpha value is -0.920. The molecule has 5 heterocycles. The molecule has 4 aliphatic rings. The zero-order valence-electron chi connectivity index (χ0n) is 23.4. The van der Waals surface area contributed by atoms with E-state index in [4.69, 9.17) is 4.74 Å². The first-order chi connectivity index (χ1) is 16.5. The Kier molecular flexibility index (Phi) is 35.5. The molecule has 4 saturated heterocycles. The lowest BCUT2D eigenvalue weighted by molar-refractivity contribution is 0.0503. The zero-order valence-corrected chi connectivity index (χ0v) is 23.4. The number of aryl methyl sites for hydroxylation is 1. The molecule has 0 N–H and O–H groups in total. The number of likely N-dealkylation sites (N-methyl/N-ethyl adjacent to an activating group) is 1. The van der Waals surface area contributed by atoms with Gasteiger partial charge in [-0.3, -0.25) is 0 Å². The van der Waals surface area contributed by atoms with Crippen molar-refractivity contribution in [1.82, 2.24) is 24.2 Å². The summed E-state index contributed by atoms with van der Waals surface area (Å²) in [5.41, 5.74) is 0. The third-order valence-electron chi connectivity index (χ3n) is 6.73. The fourth-order valence-electron chi connectivity index (χ4n) is 4.23. The summed E-state index contributed by atoms with van der Waals surface area (Å²) < 4.78 is 7.10. The molecular formula is C32H73N5O. The molecule has 4 aliphatic heterocycles. The molecular weight excluding hydrogens is 470 g/mol. The van der Waals surface area contributed by atoms with E-state index in [1.54, 1.807) is 0 Å². The van der Waals surface area contributed by atoms with E-state index in [0.29, 0.717) is 0 Å². The summed E-state index contributed by atoms with van der Waals surface area (Å²) in [7, 11) is 10.7. The lowest BCUT2D eigenvalue weighted by Gasteiger charge is -2.21. The number of likely N-dealkylation sites (tertiary alicyclic amines) is 3. The summed E-state index contributed by atoms with van der Waals surface area (Å²) in [5, 5.41) is 0. The van der Waals surface area contributed by atoms with Crippen molar-refractivity contribution in [2.75, 3.05) is 93.8 Å². The van der Waals surface area contributed by atoms with Gasteiger partial charge >= 0.3 is 0 Å². The number of aromatic nitrogens is 1. The first-order valence-corrected chi connectivity index (χ1v) is 13.9. The largest absolute Gasteiger partial charge is 0.379 e. The van der Waals surface area contributed by atoms with Crippen LogP contribution in [0.2, 0.25) is 0 Å². The first kappa shape index (κ1) is 44.1. The number of hydrogen-bond acceptors (Lipinski definition) is 5. The second-order valence-corrected chi connectivity index (χ2v) is 10.4. The normalized spacial score (nSPS) is 20.0. The van der Waals surface area contributed by atoms with E-state index in [1.165, 1.54) is 97.1 Å². The number of piperidine rings is 1. The third-order valence-corrected chi connectivity index (χ3v) is 6.73. The molecule has 38 heavy (non-hydrogen) atoms. The van der Waals surface area contributed by atoms with Crippen LogP contribution in [0.25, 0.3) is 0 Å². The van der Waals surface area contributed by atoms with Crippen LogP contribution in [0.5, 0.6) is 0 Å². The highest BCUT2D eigenvalue weighted by Crippen LogP contribution is 2.07. The highest BCUT2D eigenvalue weighted by atomic mass is 16.5. The second-order valence-electron chi connectivity index (χ2n) is 10.4. The zero-order chi connectivity index (χ0) is 24.9. The summed E-state index contributed by atoms with van der Waals surface area (Å²) in [6.07, 6.45) is 16.8. The van der Waals surface area contributed by atoms with Gasteiger partial charge in [0.1, 0.15) is 0 Å². The minimum Gasteiger partial charge on any atom is -0.379 e. The molecule has 0 bridgehead atoms. The molecule has 6 nitrogen and oxygen atoms in total. The maximum atomic E-state index is 5.10. The van der Waals surface area contributed by atoms with Crippen molar-refractivity contribution in [2.24, 2.45) is 7.05 Å². The summed E-state index contributed by atoms with van der Waals surface area (Å²) in [6.45, 7) is 11.9. The maximum Gasteiger partial charge on any atom is 0.0594 e. The molecule has 0 aromatic carbocycles. The highest BCUT2D eigenvalue weighted by Gasteiger charge is 2.04. The molecule has 5 rings (SSSR count). The number of morpholine rings is 1. The molecule has 0 aliphatic carbocycles. The minimum atomic E-state index is 0. The smallest absolute Gasteiger partial charge is 0.0594 e. The van der Waals surface area contributed by atoms with Crippen molar-refractivity contribution in [3.63, 3.8) is 0 Å². The van der Waals surface area contributed by atoms with E-state index < -0.39 is 0 Å². The van der Waals surface area contributed by atoms with Gasteiger partial charge < -0.3 is 28.9 Å². The Morgan fingerprint density at radius 3 is 0.868 bits per heavy atom. The van der Waals surface area contributed by atoms with Crippen LogP contribution < -0.4 is 0 Å². The SMILES string of the molecule is C.C.C.C.CN1CCCC1.CN1CCCCC1.CN1CCCCCC1.CN1CCOCC1.Cn1cccc1. The molecule has 232 valence electrons. The van der Waals surface area contributed by atoms with Gasteiger partial charge in [-0.15, -0.1) is 0 Å². The standard InChI is InChI=1S/C7H15N.C6H13N.C5H11NO.C5H11N.C5H7N.4CH4/c1-8-6-4-2-3-5-7-8;1-7-5-3-2-4-6-7;1-6-2-4-7-5-3-6;2*1-6-4-2-3-5-6;;;;/h2-7H2,1H3;2-6H2,1H3;2-5H2,1H3;2-5H2,1H3;2-5H,1H3;4*1H4. The topological polar surface area (TPSA) is 27.1 Å². The second kappa shape index (κ2) is 30.6. The average Bonchev–Trinajstić information content (AvgIpc) is 3.46. The van der Waals surface area contributed by atoms with Crippen molar-refractivity contribution in [3.8, 4) is 0 Å². The van der Waals surface area contributed by atoms with Gasteiger partial charge in [-0.1, -0.05) is 49.0 Å². The summed E-state index contributed by atoms with van der Waals surface area (Å²) in [4.78, 5) is 9.44. The van der Waals surface area contributed by atoms with Crippen molar-refractivity contribution in [2.45, 2.75) is 87.5 Å². The molecule has 0 amide bonds. The van der Waals surface area contributed by atoms with Crippen LogP contribution >= 0.6 is 0 Å². The molecule has 0 atom stereocenters. The molecule has 0 radical (unpaired) electrons. The Bertz CT molecular complexity index is 498. The lowest BCUT2D eigenvalue weighted by Crippen LogP contribution is -2.32. The molecule has 1 aromatic rings. The summed E-state index contributed by atoms with van der Waals surface area (Å²) >= 11 is 0. The van der Waals surface area contributed by atoms with Crippen molar-refractivity contribution >= 4 is 0 Å². The van der Waals surface area contributed by atoms with E-state index in [0.717, 1.165) is 26.3 Å². The summed E-state index contributed by atoms with van der Waals surface area (Å²) in [6, 6.07) is 4.00. The summed E-state index contributed by atoms with van der Waals surface area (Å²) in [5.74, 6) is 0. The first-order valence-electron chi connectivity index (χ1n) is 13.9. The highest BCUT2D eigenvalue weighted by molar-refractivity contribution is 4.88. The average molecular weight is 544 g/mol. The van der Waals surface area contributed by atoms with Gasteiger partial charge in [0.25, 0.3) is 0 Å². The van der Waals surface area contributed by atoms with E-state index in [-0.39, 0.29) is 29.7 Å². The molecule has 0 saturated carbocycles. The number of rotatable bonds is 0. The number of hydrogen-bond donors (Lipinski definition) is 0. The number of nitrogens with zero attached hydrogens (tertiary/aromatic N) is 5. The van der Waals surface area contributed by atoms with Gasteiger partial charge in [0.05, 0.1) is 13.2 Å². The fourth-order valence-corrected chi connectivity index (χ4v) is 4.23. The number of ether oxygens (including phenoxy) is 1. The van der Waals surface area contributed by atoms with E-state index in [1.807, 2.05) is 36.1 Å². The molecule has 4 fully saturated rings. The Morgan fingerprint density at radius 1 is 0.395 bits per heavy atom. The third kappa shape index (κ3) is 28.1. The Labute approximate surface area is 241 Å². The van der Waals surface area contributed by atoms with Crippen LogP contribution in [0.4, 0.5) is 0 Å². The van der Waals surface area contributed by atoms with Crippen LogP contribution in [0.1, 0.15) is 87.5 Å². The van der Waals surface area contributed by atoms with Crippen LogP contribution in [0.3, 0.4) is 0 Å². The molecule has 0 spiro atoms. The van der Waals surface area contributed by atoms with Crippen LogP contribution in [0.15, 0.2) is 24.5 Å². The molecule has 0 unspecified atom stereocenters. The minimum absolute atomic E-state index is 0. The Balaban J connectivity index is -0.000000186. The molecule has 6 heteroatoms. The lowest BCUT2D eigenvalue weighted by atomic mass is 10.1. The monoisotopic (exact) mass is 544 g/mol. The van der Waals surface area contributed by atoms with Gasteiger partial charge in [-0.2, -0.15) is 0 Å². The quantitative estimate of drug-likeness (QED) is 0.358. The van der Waals surface area contributed by atoms with E-state index in [9.17, 15) is 0 Å². The van der Waals surface area contributed by atoms with Gasteiger partial charge in [-0.05, 0) is 118 Å². The van der Waals surface area contributed by atoms with Gasteiger partial charge in [0.2, 0.25) is 0 Å². The van der Waals surface area contributed by atoms with E-state index >= 15 is 0 Å². The Morgan fingerprint density at radius 2 is 0.658 bits per heavy atom. The fraction of sp³-hybridized carbons (Fsp3) is 0.875. The van der Waals surface area contributed by atoms with Crippen LogP contribution in [-0.2, 0) is 11.8 Å². The van der Waals surface area contributed by atoms with Crippen molar-refractivity contribution in [1.29, 1.82) is 0 Å². The van der Waals surface area contributed by atoms with E-state index in [2.05, 4.69) is 47.8 Å². The van der Waals surface area contributed by atoms with Gasteiger partial charge in [0, 0.05) is 32.5 Å². The van der Waals surface area contributed by atoms with Crippen molar-refractivity contribution < 1.29 is 4.74 Å². The molecule has 1 aromatic heterocycles. The predicted molar refractivity (Wildman–Crippen MR) is 175 cm³/mol. The van der Waals surface area contributed by atoms with Crippen molar-refractivity contribution in [3.05, 3.63) is 24.5 Å². The maximum absolute atomic E-state index is 5.10. The predicted octanol–water partition coefficient (Wildman–Crippen LogP) is 6.82. The van der Waals surface area contributed by atoms with Crippen LogP contribution in [0, 0.1) is 0 Å². The van der Waals surface area contributed by atoms with Gasteiger partial charge in [0.15, 0.2) is 0 Å².